The van der Waals surface area contributed by atoms with E-state index >= 15 is 0 Å². The highest BCUT2D eigenvalue weighted by Crippen LogP contribution is 2.32. The first-order chi connectivity index (χ1) is 5.25. The summed E-state index contributed by atoms with van der Waals surface area (Å²) in [5.41, 5.74) is 8.28. The molecule has 1 aromatic carbocycles. The van der Waals surface area contributed by atoms with E-state index < -0.39 is 0 Å². The molecule has 11 heavy (non-hydrogen) atoms. The highest BCUT2D eigenvalue weighted by molar-refractivity contribution is 6.34. The van der Waals surface area contributed by atoms with Gasteiger partial charge in [-0.05, 0) is 11.6 Å². The second-order valence-electron chi connectivity index (χ2n) is 1.80. The number of phenolic OH excluding ortho intramolecular Hbond substituents is 1. The van der Waals surface area contributed by atoms with Gasteiger partial charge >= 0.3 is 0 Å². The first-order valence-corrected chi connectivity index (χ1v) is 3.16. The first-order valence-electron chi connectivity index (χ1n) is 2.78. The van der Waals surface area contributed by atoms with Crippen molar-refractivity contribution >= 4 is 17.3 Å². The Morgan fingerprint density at radius 2 is 2.27 bits per heavy atom. The fraction of sp³-hybridized carbons (Fsp3) is 0. The van der Waals surface area contributed by atoms with E-state index in [4.69, 9.17) is 22.2 Å². The van der Waals surface area contributed by atoms with Crippen molar-refractivity contribution in [3.8, 4) is 5.75 Å². The smallest absolute Gasteiger partial charge is 0.134 e. The van der Waals surface area contributed by atoms with E-state index in [2.05, 4.69) is 10.0 Å². The Bertz CT molecular complexity index is 320. The van der Waals surface area contributed by atoms with Gasteiger partial charge in [0.25, 0.3) is 0 Å². The number of rotatable bonds is 1. The largest absolute Gasteiger partial charge is 0.506 e. The van der Waals surface area contributed by atoms with E-state index in [1.165, 1.54) is 12.1 Å². The predicted octanol–water partition coefficient (Wildman–Crippen LogP) is 2.99. The van der Waals surface area contributed by atoms with Crippen LogP contribution in [0.15, 0.2) is 23.3 Å². The molecule has 1 aromatic rings. The van der Waals surface area contributed by atoms with Crippen molar-refractivity contribution in [3.05, 3.63) is 33.7 Å². The maximum atomic E-state index is 9.01. The quantitative estimate of drug-likeness (QED) is 0.392. The van der Waals surface area contributed by atoms with Crippen LogP contribution in [0.5, 0.6) is 5.75 Å². The molecule has 56 valence electrons. The molecular weight excluding hydrogens is 166 g/mol. The predicted molar refractivity (Wildman–Crippen MR) is 41.9 cm³/mol. The second kappa shape index (κ2) is 3.14. The van der Waals surface area contributed by atoms with Crippen molar-refractivity contribution in [1.82, 2.24) is 0 Å². The highest BCUT2D eigenvalue weighted by Gasteiger charge is 2.00. The molecule has 0 aliphatic rings. The number of halogens is 1. The van der Waals surface area contributed by atoms with Crippen LogP contribution < -0.4 is 0 Å². The molecule has 0 aliphatic heterocycles. The van der Waals surface area contributed by atoms with Gasteiger partial charge < -0.3 is 5.11 Å². The van der Waals surface area contributed by atoms with Crippen molar-refractivity contribution in [2.45, 2.75) is 0 Å². The van der Waals surface area contributed by atoms with Crippen molar-refractivity contribution < 1.29 is 5.11 Å². The molecule has 0 bridgehead atoms. The van der Waals surface area contributed by atoms with Crippen LogP contribution in [0.25, 0.3) is 10.4 Å². The number of aromatic hydroxyl groups is 1. The van der Waals surface area contributed by atoms with Crippen LogP contribution in [0.3, 0.4) is 0 Å². The summed E-state index contributed by atoms with van der Waals surface area (Å²) in [5.74, 6) is -0.0865. The molecule has 0 saturated heterocycles. The number of hydrogen-bond acceptors (Lipinski definition) is 2. The van der Waals surface area contributed by atoms with Gasteiger partial charge in [-0.2, -0.15) is 0 Å². The molecule has 0 radical (unpaired) electrons. The summed E-state index contributed by atoms with van der Waals surface area (Å²) >= 11 is 5.56. The van der Waals surface area contributed by atoms with Crippen LogP contribution in [0.2, 0.25) is 5.02 Å². The minimum atomic E-state index is -0.0865. The van der Waals surface area contributed by atoms with Gasteiger partial charge in [-0.15, -0.1) is 0 Å². The van der Waals surface area contributed by atoms with Gasteiger partial charge in [0.05, 0.1) is 10.7 Å². The zero-order valence-corrected chi connectivity index (χ0v) is 6.15. The van der Waals surface area contributed by atoms with Gasteiger partial charge in [-0.25, -0.2) is 0 Å². The van der Waals surface area contributed by atoms with Gasteiger partial charge in [0.2, 0.25) is 0 Å². The summed E-state index contributed by atoms with van der Waals surface area (Å²) in [6.07, 6.45) is 0. The topological polar surface area (TPSA) is 69.0 Å². The van der Waals surface area contributed by atoms with E-state index in [0.29, 0.717) is 0 Å². The van der Waals surface area contributed by atoms with Crippen LogP contribution >= 0.6 is 11.6 Å². The van der Waals surface area contributed by atoms with Gasteiger partial charge in [-0.1, -0.05) is 28.8 Å². The molecule has 0 fully saturated rings. The van der Waals surface area contributed by atoms with Crippen LogP contribution in [0.4, 0.5) is 5.69 Å². The number of nitrogens with zero attached hydrogens (tertiary/aromatic N) is 3. The average Bonchev–Trinajstić information content (AvgIpc) is 1.99. The summed E-state index contributed by atoms with van der Waals surface area (Å²) in [6, 6.07) is 4.48. The van der Waals surface area contributed by atoms with Crippen molar-refractivity contribution in [2.24, 2.45) is 5.11 Å². The third kappa shape index (κ3) is 1.55. The Morgan fingerprint density at radius 1 is 1.55 bits per heavy atom. The molecule has 5 heteroatoms. The molecule has 0 amide bonds. The summed E-state index contributed by atoms with van der Waals surface area (Å²) in [4.78, 5) is 2.54. The molecule has 1 N–H and O–H groups in total. The third-order valence-corrected chi connectivity index (χ3v) is 1.50. The third-order valence-electron chi connectivity index (χ3n) is 1.11. The zero-order valence-electron chi connectivity index (χ0n) is 5.40. The van der Waals surface area contributed by atoms with Gasteiger partial charge in [0.1, 0.15) is 5.75 Å². The number of hydrogen-bond donors (Lipinski definition) is 1. The second-order valence-corrected chi connectivity index (χ2v) is 2.18. The molecule has 0 atom stereocenters. The maximum Gasteiger partial charge on any atom is 0.134 e. The minimum Gasteiger partial charge on any atom is -0.506 e. The lowest BCUT2D eigenvalue weighted by atomic mass is 10.3. The Kier molecular flexibility index (Phi) is 2.21. The fourth-order valence-corrected chi connectivity index (χ4v) is 0.797. The van der Waals surface area contributed by atoms with E-state index in [1.54, 1.807) is 6.07 Å². The van der Waals surface area contributed by atoms with Crippen LogP contribution in [0, 0.1) is 0 Å². The molecule has 0 aromatic heterocycles. The summed E-state index contributed by atoms with van der Waals surface area (Å²) in [7, 11) is 0. The van der Waals surface area contributed by atoms with E-state index in [9.17, 15) is 0 Å². The van der Waals surface area contributed by atoms with E-state index in [1.807, 2.05) is 0 Å². The molecule has 1 rings (SSSR count). The number of benzene rings is 1. The molecule has 0 spiro atoms. The molecule has 0 saturated carbocycles. The Labute approximate surface area is 67.7 Å². The molecule has 0 unspecified atom stereocenters. The van der Waals surface area contributed by atoms with Crippen molar-refractivity contribution in [2.75, 3.05) is 0 Å². The lowest BCUT2D eigenvalue weighted by Crippen LogP contribution is -1.67. The summed E-state index contributed by atoms with van der Waals surface area (Å²) in [6.45, 7) is 0. The van der Waals surface area contributed by atoms with E-state index in [-0.39, 0.29) is 16.5 Å². The Balaban J connectivity index is 3.26. The number of azide groups is 1. The van der Waals surface area contributed by atoms with Gasteiger partial charge in [0, 0.05) is 4.91 Å². The van der Waals surface area contributed by atoms with Crippen molar-refractivity contribution in [1.29, 1.82) is 0 Å². The SMILES string of the molecule is [N-]=[N+]=Nc1cccc(O)c1Cl. The highest BCUT2D eigenvalue weighted by atomic mass is 35.5. The summed E-state index contributed by atoms with van der Waals surface area (Å²) in [5, 5.41) is 12.3. The van der Waals surface area contributed by atoms with Gasteiger partial charge in [0.15, 0.2) is 0 Å². The molecule has 0 heterocycles. The Morgan fingerprint density at radius 3 is 2.91 bits per heavy atom. The average molecular weight is 170 g/mol. The van der Waals surface area contributed by atoms with Crippen LogP contribution in [-0.2, 0) is 0 Å². The first kappa shape index (κ1) is 7.72. The van der Waals surface area contributed by atoms with Gasteiger partial charge in [-0.3, -0.25) is 0 Å². The lowest BCUT2D eigenvalue weighted by molar-refractivity contribution is 0.476. The maximum absolute atomic E-state index is 9.01. The van der Waals surface area contributed by atoms with E-state index in [0.717, 1.165) is 0 Å². The minimum absolute atomic E-state index is 0.0744. The molecule has 0 aliphatic carbocycles. The van der Waals surface area contributed by atoms with Crippen molar-refractivity contribution in [3.63, 3.8) is 0 Å². The van der Waals surface area contributed by atoms with Crippen LogP contribution in [-0.4, -0.2) is 5.11 Å². The fourth-order valence-electron chi connectivity index (χ4n) is 0.633. The molecule has 4 nitrogen and oxygen atoms in total. The standard InChI is InChI=1S/C6H4ClN3O/c7-6-4(9-10-8)2-1-3-5(6)11/h1-3,11H. The van der Waals surface area contributed by atoms with Crippen LogP contribution in [0.1, 0.15) is 0 Å². The molecular formula is C6H4ClN3O. The lowest BCUT2D eigenvalue weighted by Gasteiger charge is -1.97. The zero-order chi connectivity index (χ0) is 8.27. The summed E-state index contributed by atoms with van der Waals surface area (Å²) < 4.78 is 0. The Hall–Kier alpha value is -1.38. The number of phenols is 1. The normalized spacial score (nSPS) is 8.82. The monoisotopic (exact) mass is 169 g/mol.